The second-order valence-corrected chi connectivity index (χ2v) is 7.30. The predicted molar refractivity (Wildman–Crippen MR) is 101 cm³/mol. The molecule has 2 aliphatic rings. The van der Waals surface area contributed by atoms with Crippen LogP contribution < -0.4 is 0 Å². The van der Waals surface area contributed by atoms with Gasteiger partial charge in [-0.1, -0.05) is 25.3 Å². The van der Waals surface area contributed by atoms with E-state index in [1.54, 1.807) is 0 Å². The van der Waals surface area contributed by atoms with Crippen LogP contribution in [0.1, 0.15) is 38.5 Å². The van der Waals surface area contributed by atoms with Crippen molar-refractivity contribution in [2.24, 2.45) is 0 Å². The van der Waals surface area contributed by atoms with Gasteiger partial charge in [-0.05, 0) is 25.3 Å². The standard InChI is InChI=1S/C20H28O11/c21-9-14-17(25)29-15(10-22)18(26)31-20(12-23,19(27)30-14)16(24)8-6-4-2-1-3-5-7-13-11-28-13/h6,8,13-15,21-23H,1-5,7,9-12H2/b8-6+. The highest BCUT2D eigenvalue weighted by Gasteiger charge is 2.53. The average Bonchev–Trinajstić information content (AvgIpc) is 3.58. The highest BCUT2D eigenvalue weighted by molar-refractivity contribution is 6.14. The van der Waals surface area contributed by atoms with E-state index in [0.717, 1.165) is 44.8 Å². The molecule has 2 heterocycles. The molecular weight excluding hydrogens is 416 g/mol. The molecule has 0 aromatic carbocycles. The van der Waals surface area contributed by atoms with E-state index in [0.29, 0.717) is 12.5 Å². The summed E-state index contributed by atoms with van der Waals surface area (Å²) in [6.07, 6.45) is 4.49. The third-order valence-electron chi connectivity index (χ3n) is 4.91. The molecule has 0 bridgehead atoms. The van der Waals surface area contributed by atoms with Crippen molar-refractivity contribution in [2.75, 3.05) is 26.4 Å². The normalized spacial score (nSPS) is 28.9. The maximum absolute atomic E-state index is 12.7. The van der Waals surface area contributed by atoms with E-state index in [-0.39, 0.29) is 0 Å². The van der Waals surface area contributed by atoms with Crippen LogP contribution in [-0.4, -0.2) is 89.4 Å². The number of ketones is 1. The van der Waals surface area contributed by atoms with Gasteiger partial charge < -0.3 is 34.3 Å². The average molecular weight is 444 g/mol. The fourth-order valence-electron chi connectivity index (χ4n) is 2.91. The molecule has 2 aliphatic heterocycles. The smallest absolute Gasteiger partial charge is 0.362 e. The molecule has 0 saturated carbocycles. The van der Waals surface area contributed by atoms with Gasteiger partial charge in [-0.3, -0.25) is 4.79 Å². The Bertz CT molecular complexity index is 683. The van der Waals surface area contributed by atoms with Crippen LogP contribution in [0.25, 0.3) is 0 Å². The summed E-state index contributed by atoms with van der Waals surface area (Å²) in [5.74, 6) is -5.34. The number of allylic oxidation sites excluding steroid dienone is 1. The fraction of sp³-hybridized carbons (Fsp3) is 0.700. The molecule has 0 aromatic rings. The summed E-state index contributed by atoms with van der Waals surface area (Å²) in [6.45, 7) is -2.44. The lowest BCUT2D eigenvalue weighted by atomic mass is 9.97. The number of aliphatic hydroxyl groups is 3. The Hall–Kier alpha value is -2.34. The zero-order valence-corrected chi connectivity index (χ0v) is 17.1. The van der Waals surface area contributed by atoms with Crippen LogP contribution in [0.5, 0.6) is 0 Å². The Labute approximate surface area is 178 Å². The lowest BCUT2D eigenvalue weighted by Gasteiger charge is -2.27. The van der Waals surface area contributed by atoms with E-state index < -0.39 is 61.3 Å². The number of aliphatic hydroxyl groups excluding tert-OH is 3. The van der Waals surface area contributed by atoms with Gasteiger partial charge in [0.1, 0.15) is 6.61 Å². The summed E-state index contributed by atoms with van der Waals surface area (Å²) in [5, 5.41) is 28.3. The second kappa shape index (κ2) is 11.9. The molecule has 0 aromatic heterocycles. The maximum Gasteiger partial charge on any atom is 0.362 e. The monoisotopic (exact) mass is 444 g/mol. The molecule has 3 N–H and O–H groups in total. The van der Waals surface area contributed by atoms with Crippen molar-refractivity contribution < 1.29 is 53.4 Å². The largest absolute Gasteiger partial charge is 0.445 e. The topological polar surface area (TPSA) is 169 Å². The summed E-state index contributed by atoms with van der Waals surface area (Å²) in [6, 6.07) is 0. The Balaban J connectivity index is 2.02. The molecule has 0 radical (unpaired) electrons. The van der Waals surface area contributed by atoms with Crippen molar-refractivity contribution in [1.29, 1.82) is 0 Å². The lowest BCUT2D eigenvalue weighted by Crippen LogP contribution is -2.55. The fourth-order valence-corrected chi connectivity index (χ4v) is 2.91. The van der Waals surface area contributed by atoms with E-state index in [1.807, 2.05) is 0 Å². The minimum Gasteiger partial charge on any atom is -0.445 e. The third kappa shape index (κ3) is 6.82. The Morgan fingerprint density at radius 1 is 0.968 bits per heavy atom. The molecule has 11 heteroatoms. The van der Waals surface area contributed by atoms with Gasteiger partial charge in [-0.15, -0.1) is 0 Å². The molecule has 0 spiro atoms. The molecular formula is C20H28O11. The van der Waals surface area contributed by atoms with Crippen LogP contribution >= 0.6 is 0 Å². The summed E-state index contributed by atoms with van der Waals surface area (Å²) in [4.78, 5) is 49.3. The first-order chi connectivity index (χ1) is 14.9. The van der Waals surface area contributed by atoms with Crippen molar-refractivity contribution in [3.05, 3.63) is 12.2 Å². The van der Waals surface area contributed by atoms with Crippen molar-refractivity contribution in [3.8, 4) is 0 Å². The van der Waals surface area contributed by atoms with Gasteiger partial charge in [-0.25, -0.2) is 14.4 Å². The highest BCUT2D eigenvalue weighted by Crippen LogP contribution is 2.22. The number of carbonyl (C=O) groups excluding carboxylic acids is 4. The van der Waals surface area contributed by atoms with E-state index in [9.17, 15) is 34.5 Å². The zero-order chi connectivity index (χ0) is 22.9. The number of cyclic esters (lactones) is 3. The summed E-state index contributed by atoms with van der Waals surface area (Å²) < 4.78 is 19.4. The first kappa shape index (κ1) is 24.9. The summed E-state index contributed by atoms with van der Waals surface area (Å²) >= 11 is 0. The lowest BCUT2D eigenvalue weighted by molar-refractivity contribution is -0.193. The van der Waals surface area contributed by atoms with E-state index >= 15 is 0 Å². The molecule has 174 valence electrons. The van der Waals surface area contributed by atoms with Crippen LogP contribution in [0.15, 0.2) is 12.2 Å². The number of epoxide rings is 1. The van der Waals surface area contributed by atoms with Gasteiger partial charge in [0.05, 0.1) is 25.9 Å². The quantitative estimate of drug-likeness (QED) is 0.0838. The van der Waals surface area contributed by atoms with E-state index in [4.69, 9.17) is 14.2 Å². The van der Waals surface area contributed by atoms with Gasteiger partial charge in [0.25, 0.3) is 5.60 Å². The second-order valence-electron chi connectivity index (χ2n) is 7.30. The van der Waals surface area contributed by atoms with Crippen molar-refractivity contribution in [3.63, 3.8) is 0 Å². The van der Waals surface area contributed by atoms with Crippen molar-refractivity contribution >= 4 is 23.7 Å². The first-order valence-corrected chi connectivity index (χ1v) is 10.2. The van der Waals surface area contributed by atoms with Crippen LogP contribution in [0.3, 0.4) is 0 Å². The maximum atomic E-state index is 12.7. The number of esters is 3. The van der Waals surface area contributed by atoms with Crippen LogP contribution in [0.2, 0.25) is 0 Å². The number of hydrogen-bond acceptors (Lipinski definition) is 11. The number of hydrogen-bond donors (Lipinski definition) is 3. The van der Waals surface area contributed by atoms with Gasteiger partial charge in [0.15, 0.2) is 0 Å². The van der Waals surface area contributed by atoms with E-state index in [1.165, 1.54) is 6.08 Å². The molecule has 2 saturated heterocycles. The number of rotatable bonds is 12. The van der Waals surface area contributed by atoms with Gasteiger partial charge in [0, 0.05) is 0 Å². The molecule has 4 atom stereocenters. The third-order valence-corrected chi connectivity index (χ3v) is 4.91. The van der Waals surface area contributed by atoms with Crippen LogP contribution in [0, 0.1) is 0 Å². The molecule has 2 fully saturated rings. The SMILES string of the molecule is O=C1OC(CO)(C(=O)/C=C/CCCCCCC2CO2)C(=O)OC(CO)C(=O)OC1CO. The number of ether oxygens (including phenoxy) is 4. The molecule has 11 nitrogen and oxygen atoms in total. The minimum atomic E-state index is -2.79. The van der Waals surface area contributed by atoms with E-state index in [2.05, 4.69) is 4.74 Å². The molecule has 0 aliphatic carbocycles. The Morgan fingerprint density at radius 2 is 1.61 bits per heavy atom. The highest BCUT2D eigenvalue weighted by atomic mass is 16.7. The minimum absolute atomic E-state index is 0.402. The molecule has 31 heavy (non-hydrogen) atoms. The van der Waals surface area contributed by atoms with Gasteiger partial charge in [0.2, 0.25) is 18.0 Å². The van der Waals surface area contributed by atoms with Crippen LogP contribution in [-0.2, 0) is 38.1 Å². The zero-order valence-electron chi connectivity index (χ0n) is 17.1. The van der Waals surface area contributed by atoms with Crippen molar-refractivity contribution in [2.45, 2.75) is 62.4 Å². The predicted octanol–water partition coefficient (Wildman–Crippen LogP) is -1.05. The van der Waals surface area contributed by atoms with Gasteiger partial charge >= 0.3 is 17.9 Å². The van der Waals surface area contributed by atoms with Crippen LogP contribution in [0.4, 0.5) is 0 Å². The Kier molecular flexibility index (Phi) is 9.56. The molecule has 0 amide bonds. The number of carbonyl (C=O) groups is 4. The van der Waals surface area contributed by atoms with Crippen molar-refractivity contribution in [1.82, 2.24) is 0 Å². The molecule has 2 rings (SSSR count). The molecule has 4 unspecified atom stereocenters. The summed E-state index contributed by atoms with van der Waals surface area (Å²) in [7, 11) is 0. The number of unbranched alkanes of at least 4 members (excludes halogenated alkanes) is 4. The Morgan fingerprint density at radius 3 is 2.23 bits per heavy atom. The van der Waals surface area contributed by atoms with Gasteiger partial charge in [-0.2, -0.15) is 0 Å². The summed E-state index contributed by atoms with van der Waals surface area (Å²) in [5.41, 5.74) is -2.79. The first-order valence-electron chi connectivity index (χ1n) is 10.2.